The van der Waals surface area contributed by atoms with Crippen molar-refractivity contribution in [3.05, 3.63) is 29.3 Å². The minimum Gasteiger partial charge on any atom is -0.508 e. The Morgan fingerprint density at radius 3 is 2.47 bits per heavy atom. The summed E-state index contributed by atoms with van der Waals surface area (Å²) in [6, 6.07) is 3.66. The van der Waals surface area contributed by atoms with E-state index in [1.807, 2.05) is 13.8 Å². The van der Waals surface area contributed by atoms with E-state index in [2.05, 4.69) is 5.32 Å². The molecule has 0 aliphatic heterocycles. The molecule has 1 amide bonds. The molecular weight excluding hydrogens is 246 g/mol. The summed E-state index contributed by atoms with van der Waals surface area (Å²) < 4.78 is 0. The molecule has 1 atom stereocenters. The maximum absolute atomic E-state index is 12.0. The number of aromatic hydroxyl groups is 1. The number of rotatable bonds is 5. The van der Waals surface area contributed by atoms with Crippen LogP contribution in [0.15, 0.2) is 18.2 Å². The molecule has 1 aromatic carbocycles. The van der Waals surface area contributed by atoms with Gasteiger partial charge in [-0.2, -0.15) is 0 Å². The SMILES string of the molecule is Cc1c(O)cccc1C(=O)N[C@@H](CC(C)C)C(=O)O. The average molecular weight is 265 g/mol. The number of carbonyl (C=O) groups is 2. The van der Waals surface area contributed by atoms with Crippen molar-refractivity contribution in [1.82, 2.24) is 5.32 Å². The van der Waals surface area contributed by atoms with Crippen LogP contribution in [0.2, 0.25) is 0 Å². The van der Waals surface area contributed by atoms with Gasteiger partial charge in [0.1, 0.15) is 11.8 Å². The van der Waals surface area contributed by atoms with E-state index in [0.717, 1.165) is 0 Å². The van der Waals surface area contributed by atoms with Crippen LogP contribution in [0.3, 0.4) is 0 Å². The van der Waals surface area contributed by atoms with Gasteiger partial charge in [0.05, 0.1) is 0 Å². The molecule has 0 radical (unpaired) electrons. The summed E-state index contributed by atoms with van der Waals surface area (Å²) in [6.45, 7) is 5.39. The molecule has 3 N–H and O–H groups in total. The van der Waals surface area contributed by atoms with Crippen molar-refractivity contribution >= 4 is 11.9 Å². The van der Waals surface area contributed by atoms with E-state index in [-0.39, 0.29) is 17.2 Å². The Kier molecular flexibility index (Phi) is 4.92. The fourth-order valence-corrected chi connectivity index (χ4v) is 1.80. The van der Waals surface area contributed by atoms with E-state index in [0.29, 0.717) is 12.0 Å². The smallest absolute Gasteiger partial charge is 0.326 e. The molecule has 1 aromatic rings. The molecule has 0 heterocycles. The molecule has 0 spiro atoms. The van der Waals surface area contributed by atoms with Crippen molar-refractivity contribution in [3.63, 3.8) is 0 Å². The van der Waals surface area contributed by atoms with Crippen molar-refractivity contribution in [3.8, 4) is 5.75 Å². The molecule has 104 valence electrons. The predicted molar refractivity (Wildman–Crippen MR) is 71.2 cm³/mol. The van der Waals surface area contributed by atoms with Crippen LogP contribution in [0.5, 0.6) is 5.75 Å². The van der Waals surface area contributed by atoms with Crippen LogP contribution in [0, 0.1) is 12.8 Å². The molecule has 0 aromatic heterocycles. The first-order valence-electron chi connectivity index (χ1n) is 6.15. The van der Waals surface area contributed by atoms with Gasteiger partial charge in [0.25, 0.3) is 5.91 Å². The van der Waals surface area contributed by atoms with Crippen LogP contribution in [0.1, 0.15) is 36.2 Å². The van der Waals surface area contributed by atoms with Gasteiger partial charge in [-0.15, -0.1) is 0 Å². The summed E-state index contributed by atoms with van der Waals surface area (Å²) in [5.41, 5.74) is 0.726. The summed E-state index contributed by atoms with van der Waals surface area (Å²) in [5, 5.41) is 21.1. The Morgan fingerprint density at radius 2 is 1.95 bits per heavy atom. The third-order valence-electron chi connectivity index (χ3n) is 2.86. The van der Waals surface area contributed by atoms with Gasteiger partial charge in [-0.3, -0.25) is 4.79 Å². The van der Waals surface area contributed by atoms with Crippen molar-refractivity contribution < 1.29 is 19.8 Å². The molecule has 19 heavy (non-hydrogen) atoms. The molecule has 0 saturated heterocycles. The topological polar surface area (TPSA) is 86.6 Å². The average Bonchev–Trinajstić information content (AvgIpc) is 2.31. The molecule has 0 fully saturated rings. The lowest BCUT2D eigenvalue weighted by Crippen LogP contribution is -2.41. The summed E-state index contributed by atoms with van der Waals surface area (Å²) >= 11 is 0. The number of aliphatic carboxylic acids is 1. The van der Waals surface area contributed by atoms with Crippen LogP contribution in [-0.2, 0) is 4.79 Å². The fraction of sp³-hybridized carbons (Fsp3) is 0.429. The monoisotopic (exact) mass is 265 g/mol. The van der Waals surface area contributed by atoms with Gasteiger partial charge < -0.3 is 15.5 Å². The van der Waals surface area contributed by atoms with Crippen LogP contribution in [0.25, 0.3) is 0 Å². The van der Waals surface area contributed by atoms with Gasteiger partial charge in [-0.05, 0) is 31.4 Å². The molecule has 0 unspecified atom stereocenters. The first-order chi connectivity index (χ1) is 8.82. The molecule has 0 aliphatic rings. The largest absolute Gasteiger partial charge is 0.508 e. The standard InChI is InChI=1S/C14H19NO4/c1-8(2)7-11(14(18)19)15-13(17)10-5-4-6-12(16)9(10)3/h4-6,8,11,16H,7H2,1-3H3,(H,15,17)(H,18,19)/t11-/m0/s1. The summed E-state index contributed by atoms with van der Waals surface area (Å²) in [4.78, 5) is 23.1. The highest BCUT2D eigenvalue weighted by atomic mass is 16.4. The van der Waals surface area contributed by atoms with Gasteiger partial charge in [0.2, 0.25) is 0 Å². The molecule has 1 rings (SSSR count). The van der Waals surface area contributed by atoms with Gasteiger partial charge in [-0.1, -0.05) is 19.9 Å². The normalized spacial score (nSPS) is 12.2. The van der Waals surface area contributed by atoms with Gasteiger partial charge in [0, 0.05) is 11.1 Å². The minimum absolute atomic E-state index is 0.0170. The second-order valence-electron chi connectivity index (χ2n) is 4.94. The van der Waals surface area contributed by atoms with E-state index in [1.165, 1.54) is 6.07 Å². The Morgan fingerprint density at radius 1 is 1.32 bits per heavy atom. The number of benzene rings is 1. The molecular formula is C14H19NO4. The number of carboxylic acid groups (broad SMARTS) is 1. The number of phenolic OH excluding ortho intramolecular Hbond substituents is 1. The highest BCUT2D eigenvalue weighted by Crippen LogP contribution is 2.19. The Balaban J connectivity index is 2.88. The van der Waals surface area contributed by atoms with Crippen molar-refractivity contribution in [2.24, 2.45) is 5.92 Å². The van der Waals surface area contributed by atoms with E-state index in [1.54, 1.807) is 19.1 Å². The number of amides is 1. The number of carbonyl (C=O) groups excluding carboxylic acids is 1. The van der Waals surface area contributed by atoms with E-state index in [9.17, 15) is 14.7 Å². The third kappa shape index (κ3) is 3.98. The molecule has 0 aliphatic carbocycles. The number of nitrogens with one attached hydrogen (secondary N) is 1. The van der Waals surface area contributed by atoms with Crippen molar-refractivity contribution in [2.45, 2.75) is 33.2 Å². The van der Waals surface area contributed by atoms with Crippen LogP contribution < -0.4 is 5.32 Å². The highest BCUT2D eigenvalue weighted by Gasteiger charge is 2.22. The quantitative estimate of drug-likeness (QED) is 0.759. The lowest BCUT2D eigenvalue weighted by atomic mass is 10.0. The number of phenols is 1. The van der Waals surface area contributed by atoms with Crippen molar-refractivity contribution in [2.75, 3.05) is 0 Å². The third-order valence-corrected chi connectivity index (χ3v) is 2.86. The van der Waals surface area contributed by atoms with E-state index >= 15 is 0 Å². The fourth-order valence-electron chi connectivity index (χ4n) is 1.80. The van der Waals surface area contributed by atoms with Crippen LogP contribution in [-0.4, -0.2) is 28.1 Å². The molecule has 0 saturated carbocycles. The molecule has 0 bridgehead atoms. The lowest BCUT2D eigenvalue weighted by molar-refractivity contribution is -0.139. The number of hydrogen-bond acceptors (Lipinski definition) is 3. The summed E-state index contributed by atoms with van der Waals surface area (Å²) in [5.74, 6) is -1.36. The Bertz CT molecular complexity index is 482. The van der Waals surface area contributed by atoms with Gasteiger partial charge >= 0.3 is 5.97 Å². The summed E-state index contributed by atoms with van der Waals surface area (Å²) in [6.07, 6.45) is 0.360. The Labute approximate surface area is 112 Å². The van der Waals surface area contributed by atoms with Gasteiger partial charge in [0.15, 0.2) is 0 Å². The maximum atomic E-state index is 12.0. The zero-order valence-corrected chi connectivity index (χ0v) is 11.3. The molecule has 5 nitrogen and oxygen atoms in total. The first kappa shape index (κ1) is 15.0. The van der Waals surface area contributed by atoms with Crippen molar-refractivity contribution in [1.29, 1.82) is 0 Å². The van der Waals surface area contributed by atoms with Gasteiger partial charge in [-0.25, -0.2) is 4.79 Å². The predicted octanol–water partition coefficient (Wildman–Crippen LogP) is 1.93. The zero-order valence-electron chi connectivity index (χ0n) is 11.3. The van der Waals surface area contributed by atoms with E-state index in [4.69, 9.17) is 5.11 Å². The maximum Gasteiger partial charge on any atom is 0.326 e. The number of carboxylic acids is 1. The second kappa shape index (κ2) is 6.22. The zero-order chi connectivity index (χ0) is 14.6. The first-order valence-corrected chi connectivity index (χ1v) is 6.15. The number of hydrogen-bond donors (Lipinski definition) is 3. The second-order valence-corrected chi connectivity index (χ2v) is 4.94. The lowest BCUT2D eigenvalue weighted by Gasteiger charge is -2.17. The highest BCUT2D eigenvalue weighted by molar-refractivity contribution is 5.98. The van der Waals surface area contributed by atoms with Crippen LogP contribution in [0.4, 0.5) is 0 Å². The minimum atomic E-state index is -1.06. The molecule has 5 heteroatoms. The Hall–Kier alpha value is -2.04. The van der Waals surface area contributed by atoms with E-state index < -0.39 is 17.9 Å². The van der Waals surface area contributed by atoms with Crippen LogP contribution >= 0.6 is 0 Å². The summed E-state index contributed by atoms with van der Waals surface area (Å²) in [7, 11) is 0.